The molecule has 8 heteroatoms. The van der Waals surface area contributed by atoms with Crippen molar-refractivity contribution in [3.05, 3.63) is 64.9 Å². The standard InChI is InChI=1S/C20H20ClN5O2/c1-26(2)20(28)17-18(14-9-11-22-12-10-14)24-25-19(17)23-16(27)8-5-13-3-6-15(21)7-4-13/h3-4,6-7,9-12H,5,8H2,1-2H3,(H2,23,24,25,27). The highest BCUT2D eigenvalue weighted by molar-refractivity contribution is 6.30. The monoisotopic (exact) mass is 397 g/mol. The van der Waals surface area contributed by atoms with Gasteiger partial charge >= 0.3 is 0 Å². The van der Waals surface area contributed by atoms with Gasteiger partial charge in [-0.15, -0.1) is 0 Å². The molecular weight excluding hydrogens is 378 g/mol. The molecule has 0 aliphatic rings. The second kappa shape index (κ2) is 8.67. The molecule has 0 spiro atoms. The third-order valence-electron chi connectivity index (χ3n) is 4.16. The fraction of sp³-hybridized carbons (Fsp3) is 0.200. The molecule has 0 aliphatic heterocycles. The normalized spacial score (nSPS) is 10.5. The first-order chi connectivity index (χ1) is 13.5. The summed E-state index contributed by atoms with van der Waals surface area (Å²) in [5, 5.41) is 10.4. The van der Waals surface area contributed by atoms with Crippen molar-refractivity contribution < 1.29 is 9.59 Å². The lowest BCUT2D eigenvalue weighted by Gasteiger charge is -2.12. The van der Waals surface area contributed by atoms with E-state index in [2.05, 4.69) is 20.5 Å². The van der Waals surface area contributed by atoms with Gasteiger partial charge in [0, 0.05) is 43.5 Å². The van der Waals surface area contributed by atoms with Gasteiger partial charge in [0.2, 0.25) is 5.91 Å². The Morgan fingerprint density at radius 3 is 2.43 bits per heavy atom. The van der Waals surface area contributed by atoms with Crippen LogP contribution in [0.25, 0.3) is 11.3 Å². The highest BCUT2D eigenvalue weighted by Crippen LogP contribution is 2.27. The van der Waals surface area contributed by atoms with Crippen molar-refractivity contribution >= 4 is 29.2 Å². The van der Waals surface area contributed by atoms with Gasteiger partial charge in [0.25, 0.3) is 5.91 Å². The molecule has 1 aromatic carbocycles. The number of benzene rings is 1. The number of nitrogens with one attached hydrogen (secondary N) is 2. The average molecular weight is 398 g/mol. The second-order valence-corrected chi connectivity index (χ2v) is 6.87. The molecule has 3 aromatic rings. The maximum atomic E-state index is 12.7. The first-order valence-corrected chi connectivity index (χ1v) is 9.08. The summed E-state index contributed by atoms with van der Waals surface area (Å²) in [6.07, 6.45) is 4.07. The maximum absolute atomic E-state index is 12.7. The number of anilines is 1. The van der Waals surface area contributed by atoms with Crippen LogP contribution in [0.5, 0.6) is 0 Å². The number of halogens is 1. The number of carbonyl (C=O) groups excluding carboxylic acids is 2. The Morgan fingerprint density at radius 1 is 1.11 bits per heavy atom. The van der Waals surface area contributed by atoms with Gasteiger partial charge in [-0.25, -0.2) is 0 Å². The number of amides is 2. The molecule has 144 valence electrons. The second-order valence-electron chi connectivity index (χ2n) is 6.43. The molecule has 0 atom stereocenters. The Morgan fingerprint density at radius 2 is 1.79 bits per heavy atom. The number of hydrogen-bond donors (Lipinski definition) is 2. The molecule has 28 heavy (non-hydrogen) atoms. The van der Waals surface area contributed by atoms with E-state index in [1.807, 2.05) is 12.1 Å². The minimum Gasteiger partial charge on any atom is -0.345 e. The van der Waals surface area contributed by atoms with E-state index in [-0.39, 0.29) is 24.1 Å². The maximum Gasteiger partial charge on any atom is 0.259 e. The Labute approximate surface area is 167 Å². The van der Waals surface area contributed by atoms with Gasteiger partial charge in [0.1, 0.15) is 17.1 Å². The van der Waals surface area contributed by atoms with Crippen LogP contribution in [0.4, 0.5) is 5.82 Å². The predicted octanol–water partition coefficient (Wildman–Crippen LogP) is 3.40. The zero-order chi connectivity index (χ0) is 20.1. The number of aromatic nitrogens is 3. The van der Waals surface area contributed by atoms with Crippen LogP contribution in [0, 0.1) is 0 Å². The van der Waals surface area contributed by atoms with Gasteiger partial charge in [-0.3, -0.25) is 19.7 Å². The highest BCUT2D eigenvalue weighted by Gasteiger charge is 2.24. The van der Waals surface area contributed by atoms with E-state index in [1.54, 1.807) is 50.8 Å². The lowest BCUT2D eigenvalue weighted by Crippen LogP contribution is -2.24. The van der Waals surface area contributed by atoms with Crippen LogP contribution in [0.3, 0.4) is 0 Å². The van der Waals surface area contributed by atoms with Gasteiger partial charge < -0.3 is 10.2 Å². The van der Waals surface area contributed by atoms with E-state index in [1.165, 1.54) is 4.90 Å². The molecule has 0 radical (unpaired) electrons. The Bertz CT molecular complexity index is 968. The quantitative estimate of drug-likeness (QED) is 0.666. The van der Waals surface area contributed by atoms with Crippen LogP contribution in [0.15, 0.2) is 48.8 Å². The van der Waals surface area contributed by atoms with Gasteiger partial charge in [-0.05, 0) is 36.2 Å². The highest BCUT2D eigenvalue weighted by atomic mass is 35.5. The topological polar surface area (TPSA) is 91.0 Å². The molecule has 0 aliphatic carbocycles. The number of nitrogens with zero attached hydrogens (tertiary/aromatic N) is 3. The minimum absolute atomic E-state index is 0.215. The third kappa shape index (κ3) is 4.55. The van der Waals surface area contributed by atoms with E-state index in [0.717, 1.165) is 11.1 Å². The molecule has 2 N–H and O–H groups in total. The molecule has 0 saturated carbocycles. The summed E-state index contributed by atoms with van der Waals surface area (Å²) in [4.78, 5) is 30.5. The lowest BCUT2D eigenvalue weighted by molar-refractivity contribution is -0.116. The minimum atomic E-state index is -0.256. The number of carbonyl (C=O) groups is 2. The molecule has 7 nitrogen and oxygen atoms in total. The lowest BCUT2D eigenvalue weighted by atomic mass is 10.1. The van der Waals surface area contributed by atoms with Crippen LogP contribution in [-0.2, 0) is 11.2 Å². The summed E-state index contributed by atoms with van der Waals surface area (Å²) in [6.45, 7) is 0. The van der Waals surface area contributed by atoms with Gasteiger partial charge in [-0.1, -0.05) is 23.7 Å². The molecular formula is C20H20ClN5O2. The molecule has 2 aromatic heterocycles. The van der Waals surface area contributed by atoms with E-state index < -0.39 is 0 Å². The number of H-pyrrole nitrogens is 1. The Balaban J connectivity index is 1.79. The Hall–Kier alpha value is -3.19. The average Bonchev–Trinajstić information content (AvgIpc) is 3.10. The number of pyridine rings is 1. The van der Waals surface area contributed by atoms with Crippen molar-refractivity contribution in [2.75, 3.05) is 19.4 Å². The molecule has 0 fully saturated rings. The summed E-state index contributed by atoms with van der Waals surface area (Å²) in [6, 6.07) is 10.9. The fourth-order valence-corrected chi connectivity index (χ4v) is 2.82. The van der Waals surface area contributed by atoms with E-state index in [4.69, 9.17) is 11.6 Å². The van der Waals surface area contributed by atoms with Crippen LogP contribution in [0.1, 0.15) is 22.3 Å². The van der Waals surface area contributed by atoms with E-state index in [9.17, 15) is 9.59 Å². The Kier molecular flexibility index (Phi) is 6.06. The van der Waals surface area contributed by atoms with E-state index >= 15 is 0 Å². The summed E-state index contributed by atoms with van der Waals surface area (Å²) in [5.74, 6) is -0.187. The van der Waals surface area contributed by atoms with Crippen LogP contribution < -0.4 is 5.32 Å². The fourth-order valence-electron chi connectivity index (χ4n) is 2.69. The predicted molar refractivity (Wildman–Crippen MR) is 108 cm³/mol. The van der Waals surface area contributed by atoms with Gasteiger partial charge in [0.05, 0.1) is 0 Å². The zero-order valence-electron chi connectivity index (χ0n) is 15.6. The number of aryl methyl sites for hydroxylation is 1. The molecule has 2 heterocycles. The SMILES string of the molecule is CN(C)C(=O)c1c(-c2ccncc2)n[nH]c1NC(=O)CCc1ccc(Cl)cc1. The number of rotatable bonds is 6. The number of hydrogen-bond acceptors (Lipinski definition) is 4. The van der Waals surface area contributed by atoms with E-state index in [0.29, 0.717) is 22.7 Å². The van der Waals surface area contributed by atoms with Gasteiger partial charge in [-0.2, -0.15) is 5.10 Å². The van der Waals surface area contributed by atoms with Crippen LogP contribution in [0.2, 0.25) is 5.02 Å². The zero-order valence-corrected chi connectivity index (χ0v) is 16.3. The number of aromatic amines is 1. The third-order valence-corrected chi connectivity index (χ3v) is 4.41. The molecule has 0 saturated heterocycles. The molecule has 2 amide bonds. The van der Waals surface area contributed by atoms with Crippen molar-refractivity contribution in [2.45, 2.75) is 12.8 Å². The van der Waals surface area contributed by atoms with Gasteiger partial charge in [0.15, 0.2) is 0 Å². The van der Waals surface area contributed by atoms with Crippen molar-refractivity contribution in [1.29, 1.82) is 0 Å². The van der Waals surface area contributed by atoms with Crippen molar-refractivity contribution in [3.63, 3.8) is 0 Å². The summed E-state index contributed by atoms with van der Waals surface area (Å²) in [7, 11) is 3.30. The van der Waals surface area contributed by atoms with Crippen molar-refractivity contribution in [3.8, 4) is 11.3 Å². The molecule has 3 rings (SSSR count). The van der Waals surface area contributed by atoms with Crippen molar-refractivity contribution in [2.24, 2.45) is 0 Å². The summed E-state index contributed by atoms with van der Waals surface area (Å²) < 4.78 is 0. The first kappa shape index (κ1) is 19.6. The van der Waals surface area contributed by atoms with Crippen molar-refractivity contribution in [1.82, 2.24) is 20.1 Å². The smallest absolute Gasteiger partial charge is 0.259 e. The summed E-state index contributed by atoms with van der Waals surface area (Å²) >= 11 is 5.88. The van der Waals surface area contributed by atoms with Crippen LogP contribution >= 0.6 is 11.6 Å². The molecule has 0 unspecified atom stereocenters. The largest absolute Gasteiger partial charge is 0.345 e. The van der Waals surface area contributed by atoms with Crippen LogP contribution in [-0.4, -0.2) is 46.0 Å². The summed E-state index contributed by atoms with van der Waals surface area (Å²) in [5.41, 5.74) is 2.52. The first-order valence-electron chi connectivity index (χ1n) is 8.70. The molecule has 0 bridgehead atoms.